The number of nitrogens with one attached hydrogen (secondary N) is 1. The van der Waals surface area contributed by atoms with Gasteiger partial charge in [0.1, 0.15) is 17.7 Å². The molecule has 0 amide bonds. The van der Waals surface area contributed by atoms with E-state index in [9.17, 15) is 9.59 Å². The van der Waals surface area contributed by atoms with Crippen LogP contribution >= 0.6 is 23.2 Å². The number of ether oxygens (including phenoxy) is 1. The van der Waals surface area contributed by atoms with Crippen molar-refractivity contribution in [2.45, 2.75) is 67.2 Å². The SMILES string of the molecule is CC/C(C)=C/C(N)=[C-]/C=C(\C)Oc1c(Cl)cc(/C(=N/NC)C(C)=O)cc1Cl.CCC=O.[CH2-]CCC.[Y]. The maximum Gasteiger partial charge on any atom is 0.180 e. The van der Waals surface area contributed by atoms with Gasteiger partial charge in [-0.05, 0) is 18.6 Å². The van der Waals surface area contributed by atoms with E-state index in [0.717, 1.165) is 24.7 Å². The fourth-order valence-electron chi connectivity index (χ4n) is 2.04. The van der Waals surface area contributed by atoms with Gasteiger partial charge in [-0.25, -0.2) is 0 Å². The quantitative estimate of drug-likeness (QED) is 0.0740. The van der Waals surface area contributed by atoms with Crippen LogP contribution < -0.4 is 15.9 Å². The maximum absolute atomic E-state index is 11.7. The molecule has 36 heavy (non-hydrogen) atoms. The van der Waals surface area contributed by atoms with Crippen LogP contribution in [0.4, 0.5) is 0 Å². The van der Waals surface area contributed by atoms with Gasteiger partial charge < -0.3 is 27.6 Å². The Morgan fingerprint density at radius 2 is 1.69 bits per heavy atom. The first-order valence-corrected chi connectivity index (χ1v) is 12.2. The zero-order valence-corrected chi connectivity index (χ0v) is 26.9. The molecular weight excluding hydrogens is 574 g/mol. The summed E-state index contributed by atoms with van der Waals surface area (Å²) in [6.45, 7) is 14.7. The number of hydrogen-bond donors (Lipinski definition) is 2. The first-order chi connectivity index (χ1) is 16.5. The van der Waals surface area contributed by atoms with Crippen molar-refractivity contribution >= 4 is 41.0 Å². The van der Waals surface area contributed by atoms with Gasteiger partial charge in [-0.3, -0.25) is 4.79 Å². The minimum absolute atomic E-state index is 0. The van der Waals surface area contributed by atoms with Gasteiger partial charge in [0.25, 0.3) is 0 Å². The van der Waals surface area contributed by atoms with Gasteiger partial charge in [-0.1, -0.05) is 69.9 Å². The number of hydrazone groups is 1. The molecule has 0 unspecified atom stereocenters. The van der Waals surface area contributed by atoms with Gasteiger partial charge in [0.15, 0.2) is 5.78 Å². The summed E-state index contributed by atoms with van der Waals surface area (Å²) in [6, 6.07) is 3.16. The number of nitrogens with two attached hydrogens (primary N) is 1. The normalized spacial score (nSPS) is 11.7. The number of rotatable bonds is 10. The summed E-state index contributed by atoms with van der Waals surface area (Å²) < 4.78 is 5.72. The maximum atomic E-state index is 11.7. The van der Waals surface area contributed by atoms with Gasteiger partial charge in [-0.2, -0.15) is 17.6 Å². The molecule has 0 fully saturated rings. The Hall–Kier alpha value is -1.47. The molecule has 0 aliphatic carbocycles. The van der Waals surface area contributed by atoms with E-state index < -0.39 is 0 Å². The van der Waals surface area contributed by atoms with Gasteiger partial charge >= 0.3 is 0 Å². The summed E-state index contributed by atoms with van der Waals surface area (Å²) in [7, 11) is 1.60. The molecule has 0 saturated carbocycles. The van der Waals surface area contributed by atoms with E-state index in [4.69, 9.17) is 33.7 Å². The fourth-order valence-corrected chi connectivity index (χ4v) is 2.60. The third-order valence-corrected chi connectivity index (χ3v) is 4.58. The number of hydrogen-bond acceptors (Lipinski definition) is 6. The van der Waals surface area contributed by atoms with Crippen LogP contribution in [0.3, 0.4) is 0 Å². The minimum Gasteiger partial charge on any atom is -0.517 e. The summed E-state index contributed by atoms with van der Waals surface area (Å²) in [6.07, 6.45) is 11.1. The Kier molecular flexibility index (Phi) is 25.9. The molecule has 0 spiro atoms. The number of halogens is 2. The van der Waals surface area contributed by atoms with Crippen LogP contribution in [0.5, 0.6) is 5.75 Å². The third-order valence-electron chi connectivity index (χ3n) is 4.01. The summed E-state index contributed by atoms with van der Waals surface area (Å²) in [4.78, 5) is 20.9. The molecule has 199 valence electrons. The second-order valence-corrected chi connectivity index (χ2v) is 8.05. The second-order valence-electron chi connectivity index (χ2n) is 7.24. The summed E-state index contributed by atoms with van der Waals surface area (Å²) in [5, 5.41) is 4.48. The minimum atomic E-state index is -0.216. The predicted molar refractivity (Wildman–Crippen MR) is 149 cm³/mol. The number of Topliss-reactive ketones (excluding diaryl/α,β-unsaturated/α-hetero) is 1. The van der Waals surface area contributed by atoms with Crippen LogP contribution in [0, 0.1) is 13.0 Å². The Balaban J connectivity index is -0.00000105. The predicted octanol–water partition coefficient (Wildman–Crippen LogP) is 7.00. The van der Waals surface area contributed by atoms with E-state index in [1.807, 2.05) is 19.9 Å². The van der Waals surface area contributed by atoms with Crippen LogP contribution in [0.15, 0.2) is 46.4 Å². The fraction of sp³-hybridized carbons (Fsp3) is 0.407. The average Bonchev–Trinajstić information content (AvgIpc) is 2.83. The second kappa shape index (κ2) is 23.9. The van der Waals surface area contributed by atoms with Crippen LogP contribution in [-0.4, -0.2) is 24.8 Å². The number of ketones is 1. The Morgan fingerprint density at radius 1 is 1.19 bits per heavy atom. The Morgan fingerprint density at radius 3 is 2.06 bits per heavy atom. The molecular formula is C27H39Cl2N3O3Y-2. The molecule has 0 atom stereocenters. The zero-order valence-electron chi connectivity index (χ0n) is 22.5. The zero-order chi connectivity index (χ0) is 27.4. The van der Waals surface area contributed by atoms with Crippen LogP contribution in [-0.2, 0) is 42.3 Å². The van der Waals surface area contributed by atoms with Crippen molar-refractivity contribution in [3.63, 3.8) is 0 Å². The van der Waals surface area contributed by atoms with E-state index in [0.29, 0.717) is 23.4 Å². The molecule has 1 aromatic rings. The van der Waals surface area contributed by atoms with E-state index in [-0.39, 0.29) is 60.0 Å². The smallest absolute Gasteiger partial charge is 0.180 e. The Labute approximate surface area is 252 Å². The molecule has 0 aliphatic heterocycles. The van der Waals surface area contributed by atoms with Crippen molar-refractivity contribution in [1.29, 1.82) is 0 Å². The molecule has 1 radical (unpaired) electrons. The number of aldehydes is 1. The molecule has 9 heteroatoms. The van der Waals surface area contributed by atoms with Gasteiger partial charge in [-0.15, -0.1) is 17.7 Å². The topological polar surface area (TPSA) is 93.8 Å². The molecule has 3 N–H and O–H groups in total. The van der Waals surface area contributed by atoms with E-state index in [1.165, 1.54) is 13.3 Å². The standard InChI is InChI=1S/C20H24Cl2N3O2.C4H9.C3H6O.Y/c1-6-12(2)9-16(23)8-7-13(3)27-20-17(21)10-15(11-18(20)22)19(14(4)26)25-24-5;1-3-4-2;1-2-3-4;/h7,9-11,24H,6,23H2,1-5H3;1,3-4H2,2H3;3H,2H2,1H3;/q2*-1;;/b12-9+,13-7+,25-19+;;;. The van der Waals surface area contributed by atoms with Crippen molar-refractivity contribution in [3.8, 4) is 5.75 Å². The third kappa shape index (κ3) is 17.9. The summed E-state index contributed by atoms with van der Waals surface area (Å²) in [5.74, 6) is 0.573. The van der Waals surface area contributed by atoms with Crippen LogP contribution in [0.25, 0.3) is 0 Å². The van der Waals surface area contributed by atoms with Gasteiger partial charge in [0.2, 0.25) is 0 Å². The number of benzene rings is 1. The van der Waals surface area contributed by atoms with E-state index in [1.54, 1.807) is 32.2 Å². The van der Waals surface area contributed by atoms with Crippen molar-refractivity contribution in [2.24, 2.45) is 10.8 Å². The molecule has 0 aliphatic rings. The van der Waals surface area contributed by atoms with E-state index in [2.05, 4.69) is 37.4 Å². The average molecular weight is 613 g/mol. The number of carbonyl (C=O) groups excluding carboxylic acids is 2. The molecule has 0 aromatic heterocycles. The molecule has 0 saturated heterocycles. The van der Waals surface area contributed by atoms with Crippen LogP contribution in [0.1, 0.15) is 72.8 Å². The number of unbranched alkanes of at least 4 members (excludes halogenated alkanes) is 1. The van der Waals surface area contributed by atoms with Crippen molar-refractivity contribution in [2.75, 3.05) is 7.05 Å². The summed E-state index contributed by atoms with van der Waals surface area (Å²) >= 11 is 12.6. The first kappa shape index (κ1) is 39.1. The largest absolute Gasteiger partial charge is 0.517 e. The van der Waals surface area contributed by atoms with Crippen LogP contribution in [0.2, 0.25) is 10.0 Å². The van der Waals surface area contributed by atoms with Crippen molar-refractivity contribution < 1.29 is 47.0 Å². The molecule has 0 bridgehead atoms. The number of allylic oxidation sites excluding steroid dienone is 5. The molecule has 1 aromatic carbocycles. The van der Waals surface area contributed by atoms with Gasteiger partial charge in [0.05, 0.1) is 10.0 Å². The number of nitrogens with zero attached hydrogens (tertiary/aromatic N) is 1. The van der Waals surface area contributed by atoms with Crippen molar-refractivity contribution in [3.05, 3.63) is 69.9 Å². The van der Waals surface area contributed by atoms with Crippen molar-refractivity contribution in [1.82, 2.24) is 5.43 Å². The number of carbonyl (C=O) groups is 2. The molecule has 1 rings (SSSR count). The Bertz CT molecular complexity index is 902. The molecule has 0 heterocycles. The monoisotopic (exact) mass is 612 g/mol. The van der Waals surface area contributed by atoms with E-state index >= 15 is 0 Å². The van der Waals surface area contributed by atoms with Gasteiger partial charge in [0, 0.05) is 64.4 Å². The first-order valence-electron chi connectivity index (χ1n) is 11.4. The molecule has 6 nitrogen and oxygen atoms in total. The summed E-state index contributed by atoms with van der Waals surface area (Å²) in [5.41, 5.74) is 10.9.